The first-order valence-corrected chi connectivity index (χ1v) is 8.91. The summed E-state index contributed by atoms with van der Waals surface area (Å²) >= 11 is 0. The summed E-state index contributed by atoms with van der Waals surface area (Å²) in [5.41, 5.74) is -2.47. The van der Waals surface area contributed by atoms with Crippen LogP contribution in [0.15, 0.2) is 30.3 Å². The Morgan fingerprint density at radius 3 is 2.36 bits per heavy atom. The van der Waals surface area contributed by atoms with E-state index in [9.17, 15) is 15.0 Å². The zero-order valence-electron chi connectivity index (χ0n) is 16.1. The Balaban J connectivity index is 2.01. The van der Waals surface area contributed by atoms with Gasteiger partial charge in [0.15, 0.2) is 28.8 Å². The number of ketones is 1. The second-order valence-corrected chi connectivity index (χ2v) is 7.29. The summed E-state index contributed by atoms with van der Waals surface area (Å²) < 4.78 is 21.5. The fourth-order valence-electron chi connectivity index (χ4n) is 4.03. The molecule has 2 aromatic carbocycles. The van der Waals surface area contributed by atoms with Gasteiger partial charge >= 0.3 is 0 Å². The number of carbonyl (C=O) groups excluding carboxylic acids is 1. The number of methoxy groups -OCH3 is 2. The molecule has 0 aromatic heterocycles. The summed E-state index contributed by atoms with van der Waals surface area (Å²) in [4.78, 5) is 13.0. The molecule has 28 heavy (non-hydrogen) atoms. The molecule has 4 rings (SSSR count). The van der Waals surface area contributed by atoms with Gasteiger partial charge in [0.1, 0.15) is 11.2 Å². The van der Waals surface area contributed by atoms with Gasteiger partial charge in [-0.25, -0.2) is 0 Å². The Morgan fingerprint density at radius 1 is 1.04 bits per heavy atom. The van der Waals surface area contributed by atoms with Crippen LogP contribution in [0.2, 0.25) is 0 Å². The number of ether oxygens (including phenoxy) is 4. The van der Waals surface area contributed by atoms with Gasteiger partial charge in [-0.2, -0.15) is 0 Å². The molecule has 0 amide bonds. The topological polar surface area (TPSA) is 94.5 Å². The fraction of sp³-hybridized carbons (Fsp3) is 0.381. The van der Waals surface area contributed by atoms with Crippen LogP contribution in [0.3, 0.4) is 0 Å². The van der Waals surface area contributed by atoms with Crippen LogP contribution in [0.1, 0.15) is 35.3 Å². The second-order valence-electron chi connectivity index (χ2n) is 7.29. The average Bonchev–Trinajstić information content (AvgIpc) is 3.17. The first-order chi connectivity index (χ1) is 13.2. The van der Waals surface area contributed by atoms with Crippen molar-refractivity contribution < 1.29 is 34.0 Å². The maximum Gasteiger partial charge on any atom is 0.231 e. The van der Waals surface area contributed by atoms with E-state index >= 15 is 0 Å². The minimum atomic E-state index is -1.79. The molecule has 3 atom stereocenters. The largest absolute Gasteiger partial charge is 0.493 e. The summed E-state index contributed by atoms with van der Waals surface area (Å²) in [6, 6.07) is 8.16. The summed E-state index contributed by atoms with van der Waals surface area (Å²) in [6.45, 7) is 3.16. The summed E-state index contributed by atoms with van der Waals surface area (Å²) in [5, 5.41) is 22.9. The summed E-state index contributed by atoms with van der Waals surface area (Å²) in [5.74, 6) is 0.456. The highest BCUT2D eigenvalue weighted by Gasteiger charge is 2.56. The summed E-state index contributed by atoms with van der Waals surface area (Å²) in [7, 11) is 2.94. The number of benzene rings is 2. The van der Waals surface area contributed by atoms with Crippen molar-refractivity contribution >= 4 is 5.78 Å². The van der Waals surface area contributed by atoms with Crippen LogP contribution < -0.4 is 18.9 Å². The van der Waals surface area contributed by atoms with E-state index in [1.807, 2.05) is 0 Å². The predicted octanol–water partition coefficient (Wildman–Crippen LogP) is 2.25. The van der Waals surface area contributed by atoms with E-state index in [-0.39, 0.29) is 12.4 Å². The molecule has 2 aliphatic rings. The molecule has 0 saturated heterocycles. The van der Waals surface area contributed by atoms with Crippen LogP contribution in [-0.2, 0) is 5.60 Å². The average molecular weight is 386 g/mol. The molecule has 2 aromatic rings. The number of hydrogen-bond acceptors (Lipinski definition) is 7. The molecule has 1 aliphatic carbocycles. The van der Waals surface area contributed by atoms with Crippen LogP contribution in [0, 0.1) is 5.92 Å². The van der Waals surface area contributed by atoms with Gasteiger partial charge in [0.2, 0.25) is 6.79 Å². The highest BCUT2D eigenvalue weighted by molar-refractivity contribution is 6.06. The standard InChI is InChI=1S/C21H22O7/c1-11-20(2,23)19(22)13-8-16(25-3)17(26-4)9-14(13)21(11,24)12-5-6-15-18(7-12)28-10-27-15/h5-9,11,23-24H,10H2,1-4H3/t11-,20+,21+/m0/s1. The lowest BCUT2D eigenvalue weighted by Gasteiger charge is -2.47. The molecule has 0 spiro atoms. The van der Waals surface area contributed by atoms with Crippen molar-refractivity contribution in [3.8, 4) is 23.0 Å². The van der Waals surface area contributed by atoms with Gasteiger partial charge in [0.25, 0.3) is 0 Å². The van der Waals surface area contributed by atoms with Crippen molar-refractivity contribution in [3.05, 3.63) is 47.0 Å². The molecule has 0 saturated carbocycles. The Morgan fingerprint density at radius 2 is 1.68 bits per heavy atom. The van der Waals surface area contributed by atoms with Crippen molar-refractivity contribution in [3.63, 3.8) is 0 Å². The Bertz CT molecular complexity index is 965. The van der Waals surface area contributed by atoms with Crippen LogP contribution >= 0.6 is 0 Å². The normalized spacial score (nSPS) is 28.1. The maximum atomic E-state index is 13.0. The van der Waals surface area contributed by atoms with Gasteiger partial charge in [-0.3, -0.25) is 4.79 Å². The number of carbonyl (C=O) groups is 1. The molecular weight excluding hydrogens is 364 g/mol. The van der Waals surface area contributed by atoms with E-state index in [4.69, 9.17) is 18.9 Å². The predicted molar refractivity (Wildman–Crippen MR) is 99.2 cm³/mol. The molecule has 0 bridgehead atoms. The number of rotatable bonds is 3. The van der Waals surface area contributed by atoms with Crippen molar-refractivity contribution in [2.24, 2.45) is 5.92 Å². The van der Waals surface area contributed by atoms with Crippen LogP contribution in [-0.4, -0.2) is 42.6 Å². The molecule has 1 heterocycles. The molecule has 0 radical (unpaired) electrons. The third-order valence-electron chi connectivity index (χ3n) is 5.92. The third-order valence-corrected chi connectivity index (χ3v) is 5.92. The summed E-state index contributed by atoms with van der Waals surface area (Å²) in [6.07, 6.45) is 0. The monoisotopic (exact) mass is 386 g/mol. The van der Waals surface area contributed by atoms with E-state index in [1.165, 1.54) is 27.2 Å². The smallest absolute Gasteiger partial charge is 0.231 e. The van der Waals surface area contributed by atoms with Gasteiger partial charge in [-0.15, -0.1) is 0 Å². The zero-order chi connectivity index (χ0) is 20.3. The quantitative estimate of drug-likeness (QED) is 0.835. The first kappa shape index (κ1) is 18.6. The van der Waals surface area contributed by atoms with Gasteiger partial charge in [-0.05, 0) is 36.8 Å². The lowest BCUT2D eigenvalue weighted by Crippen LogP contribution is -2.56. The molecule has 7 heteroatoms. The van der Waals surface area contributed by atoms with E-state index < -0.39 is 22.9 Å². The number of fused-ring (bicyclic) bond motifs is 2. The zero-order valence-corrected chi connectivity index (χ0v) is 16.1. The first-order valence-electron chi connectivity index (χ1n) is 8.91. The van der Waals surface area contributed by atoms with Crippen molar-refractivity contribution in [2.45, 2.75) is 25.0 Å². The van der Waals surface area contributed by atoms with Crippen molar-refractivity contribution in [2.75, 3.05) is 21.0 Å². The number of aliphatic hydroxyl groups is 2. The lowest BCUT2D eigenvalue weighted by molar-refractivity contribution is -0.0819. The minimum absolute atomic E-state index is 0.102. The number of hydrogen-bond donors (Lipinski definition) is 2. The van der Waals surface area contributed by atoms with E-state index in [2.05, 4.69) is 0 Å². The molecule has 1 aliphatic heterocycles. The van der Waals surface area contributed by atoms with Gasteiger partial charge in [0.05, 0.1) is 14.2 Å². The Kier molecular flexibility index (Phi) is 4.06. The molecule has 148 valence electrons. The SMILES string of the molecule is COc1cc2c(cc1OC)[C@](O)(c1ccc3c(c1)OCO3)[C@@H](C)[C@@](C)(O)C2=O. The molecule has 0 unspecified atom stereocenters. The van der Waals surface area contributed by atoms with Crippen molar-refractivity contribution in [1.29, 1.82) is 0 Å². The van der Waals surface area contributed by atoms with Crippen LogP contribution in [0.5, 0.6) is 23.0 Å². The maximum absolute atomic E-state index is 13.0. The third kappa shape index (κ3) is 2.33. The number of Topliss-reactive ketones (excluding diaryl/α,β-unsaturated/α-hetero) is 1. The second kappa shape index (κ2) is 6.12. The Hall–Kier alpha value is -2.77. The Labute approximate surface area is 162 Å². The van der Waals surface area contributed by atoms with Crippen LogP contribution in [0.25, 0.3) is 0 Å². The molecule has 0 fully saturated rings. The van der Waals surface area contributed by atoms with Crippen LogP contribution in [0.4, 0.5) is 0 Å². The highest BCUT2D eigenvalue weighted by Crippen LogP contribution is 2.52. The van der Waals surface area contributed by atoms with E-state index in [0.717, 1.165) is 0 Å². The van der Waals surface area contributed by atoms with Crippen molar-refractivity contribution in [1.82, 2.24) is 0 Å². The highest BCUT2D eigenvalue weighted by atomic mass is 16.7. The van der Waals surface area contributed by atoms with Gasteiger partial charge < -0.3 is 29.2 Å². The molecular formula is C21H22O7. The van der Waals surface area contributed by atoms with E-state index in [1.54, 1.807) is 31.2 Å². The van der Waals surface area contributed by atoms with Gasteiger partial charge in [0, 0.05) is 17.0 Å². The molecule has 2 N–H and O–H groups in total. The lowest BCUT2D eigenvalue weighted by atomic mass is 9.62. The van der Waals surface area contributed by atoms with Gasteiger partial charge in [-0.1, -0.05) is 13.0 Å². The molecule has 7 nitrogen and oxygen atoms in total. The fourth-order valence-corrected chi connectivity index (χ4v) is 4.03. The van der Waals surface area contributed by atoms with E-state index in [0.29, 0.717) is 34.1 Å². The minimum Gasteiger partial charge on any atom is -0.493 e.